The lowest BCUT2D eigenvalue weighted by atomic mass is 9.99. The summed E-state index contributed by atoms with van der Waals surface area (Å²) in [6.07, 6.45) is 3.89. The first-order valence-electron chi connectivity index (χ1n) is 7.53. The van der Waals surface area contributed by atoms with Crippen LogP contribution in [0.1, 0.15) is 31.7 Å². The highest BCUT2D eigenvalue weighted by Gasteiger charge is 2.14. The minimum absolute atomic E-state index is 0.633. The van der Waals surface area contributed by atoms with E-state index in [4.69, 9.17) is 23.2 Å². The van der Waals surface area contributed by atoms with E-state index in [9.17, 15) is 0 Å². The minimum Gasteiger partial charge on any atom is -0.313 e. The van der Waals surface area contributed by atoms with Crippen LogP contribution in [-0.4, -0.2) is 31.1 Å². The summed E-state index contributed by atoms with van der Waals surface area (Å²) in [5.41, 5.74) is 1.07. The monoisotopic (exact) mass is 314 g/mol. The number of halogens is 2. The van der Waals surface area contributed by atoms with Crippen LogP contribution >= 0.6 is 23.2 Å². The van der Waals surface area contributed by atoms with Crippen molar-refractivity contribution >= 4 is 23.2 Å². The number of benzene rings is 1. The fourth-order valence-corrected chi connectivity index (χ4v) is 3.01. The summed E-state index contributed by atoms with van der Waals surface area (Å²) in [7, 11) is 0. The first-order valence-corrected chi connectivity index (χ1v) is 8.28. The Bertz CT molecular complexity index is 415. The molecule has 0 bridgehead atoms. The molecule has 0 amide bonds. The molecule has 1 aliphatic rings. The van der Waals surface area contributed by atoms with Crippen molar-refractivity contribution in [1.82, 2.24) is 10.2 Å². The predicted molar refractivity (Wildman–Crippen MR) is 87.6 cm³/mol. The maximum Gasteiger partial charge on any atom is 0.0637 e. The van der Waals surface area contributed by atoms with Gasteiger partial charge in [-0.25, -0.2) is 0 Å². The van der Waals surface area contributed by atoms with Crippen molar-refractivity contribution in [2.24, 2.45) is 5.92 Å². The van der Waals surface area contributed by atoms with E-state index < -0.39 is 0 Å². The summed E-state index contributed by atoms with van der Waals surface area (Å²) in [6.45, 7) is 7.89. The lowest BCUT2D eigenvalue weighted by Gasteiger charge is -2.30. The molecular formula is C16H24Cl2N2. The number of nitrogens with one attached hydrogen (secondary N) is 1. The molecule has 0 atom stereocenters. The van der Waals surface area contributed by atoms with Crippen molar-refractivity contribution in [2.75, 3.05) is 26.2 Å². The molecule has 0 aliphatic carbocycles. The van der Waals surface area contributed by atoms with Crippen LogP contribution < -0.4 is 5.32 Å². The van der Waals surface area contributed by atoms with Crippen LogP contribution in [0.15, 0.2) is 18.2 Å². The Kier molecular flexibility index (Phi) is 6.63. The van der Waals surface area contributed by atoms with E-state index in [0.717, 1.165) is 24.6 Å². The fraction of sp³-hybridized carbons (Fsp3) is 0.625. The molecule has 1 aromatic carbocycles. The van der Waals surface area contributed by atoms with Crippen molar-refractivity contribution < 1.29 is 0 Å². The van der Waals surface area contributed by atoms with E-state index in [0.29, 0.717) is 10.0 Å². The van der Waals surface area contributed by atoms with E-state index in [1.807, 2.05) is 18.2 Å². The second kappa shape index (κ2) is 8.23. The van der Waals surface area contributed by atoms with Gasteiger partial charge in [0.15, 0.2) is 0 Å². The Labute approximate surface area is 132 Å². The molecule has 0 aromatic heterocycles. The summed E-state index contributed by atoms with van der Waals surface area (Å²) in [6, 6.07) is 5.79. The fourth-order valence-electron chi connectivity index (χ4n) is 2.62. The minimum atomic E-state index is 0.633. The van der Waals surface area contributed by atoms with Gasteiger partial charge in [0, 0.05) is 6.54 Å². The van der Waals surface area contributed by atoms with E-state index in [1.54, 1.807) is 0 Å². The first kappa shape index (κ1) is 16.1. The number of piperidine rings is 1. The van der Waals surface area contributed by atoms with Gasteiger partial charge in [0.1, 0.15) is 0 Å². The highest BCUT2D eigenvalue weighted by atomic mass is 35.5. The molecule has 0 radical (unpaired) electrons. The molecule has 112 valence electrons. The van der Waals surface area contributed by atoms with Gasteiger partial charge in [0.05, 0.1) is 10.0 Å². The zero-order chi connectivity index (χ0) is 14.4. The number of rotatable bonds is 6. The molecule has 20 heavy (non-hydrogen) atoms. The van der Waals surface area contributed by atoms with Gasteiger partial charge in [-0.15, -0.1) is 0 Å². The molecule has 1 aromatic rings. The SMILES string of the molecule is CC1CCN(CCCNCc2cccc(Cl)c2Cl)CC1. The van der Waals surface area contributed by atoms with Gasteiger partial charge < -0.3 is 10.2 Å². The topological polar surface area (TPSA) is 15.3 Å². The van der Waals surface area contributed by atoms with Gasteiger partial charge in [0.2, 0.25) is 0 Å². The molecule has 2 rings (SSSR count). The lowest BCUT2D eigenvalue weighted by molar-refractivity contribution is 0.190. The Morgan fingerprint density at radius 1 is 1.25 bits per heavy atom. The smallest absolute Gasteiger partial charge is 0.0637 e. The molecule has 1 fully saturated rings. The van der Waals surface area contributed by atoms with Crippen LogP contribution in [0.5, 0.6) is 0 Å². The van der Waals surface area contributed by atoms with Crippen LogP contribution in [0.4, 0.5) is 0 Å². The molecule has 1 N–H and O–H groups in total. The lowest BCUT2D eigenvalue weighted by Crippen LogP contribution is -2.34. The van der Waals surface area contributed by atoms with Crippen molar-refractivity contribution in [3.05, 3.63) is 33.8 Å². The van der Waals surface area contributed by atoms with Crippen molar-refractivity contribution in [3.63, 3.8) is 0 Å². The third-order valence-electron chi connectivity index (χ3n) is 4.05. The first-order chi connectivity index (χ1) is 9.66. The highest BCUT2D eigenvalue weighted by molar-refractivity contribution is 6.42. The van der Waals surface area contributed by atoms with E-state index in [-0.39, 0.29) is 0 Å². The maximum atomic E-state index is 6.16. The number of hydrogen-bond donors (Lipinski definition) is 1. The molecule has 2 nitrogen and oxygen atoms in total. The average molecular weight is 315 g/mol. The Morgan fingerprint density at radius 2 is 2.00 bits per heavy atom. The largest absolute Gasteiger partial charge is 0.313 e. The van der Waals surface area contributed by atoms with Crippen molar-refractivity contribution in [1.29, 1.82) is 0 Å². The number of nitrogens with zero attached hydrogens (tertiary/aromatic N) is 1. The summed E-state index contributed by atoms with van der Waals surface area (Å²) in [4.78, 5) is 2.58. The summed E-state index contributed by atoms with van der Waals surface area (Å²) >= 11 is 12.2. The number of hydrogen-bond acceptors (Lipinski definition) is 2. The second-order valence-electron chi connectivity index (χ2n) is 5.77. The van der Waals surface area contributed by atoms with Gasteiger partial charge in [-0.1, -0.05) is 42.3 Å². The van der Waals surface area contributed by atoms with Gasteiger partial charge in [-0.2, -0.15) is 0 Å². The Morgan fingerprint density at radius 3 is 2.75 bits per heavy atom. The van der Waals surface area contributed by atoms with E-state index in [2.05, 4.69) is 17.1 Å². The molecule has 1 aliphatic heterocycles. The maximum absolute atomic E-state index is 6.16. The van der Waals surface area contributed by atoms with Crippen LogP contribution in [0.25, 0.3) is 0 Å². The molecule has 0 saturated carbocycles. The molecular weight excluding hydrogens is 291 g/mol. The zero-order valence-electron chi connectivity index (χ0n) is 12.2. The van der Waals surface area contributed by atoms with Crippen molar-refractivity contribution in [2.45, 2.75) is 32.7 Å². The molecule has 1 saturated heterocycles. The molecule has 0 spiro atoms. The molecule has 0 unspecified atom stereocenters. The second-order valence-corrected chi connectivity index (χ2v) is 6.55. The van der Waals surface area contributed by atoms with Crippen LogP contribution in [0.2, 0.25) is 10.0 Å². The van der Waals surface area contributed by atoms with Crippen molar-refractivity contribution in [3.8, 4) is 0 Å². The number of likely N-dealkylation sites (tertiary alicyclic amines) is 1. The third-order valence-corrected chi connectivity index (χ3v) is 4.91. The molecule has 4 heteroatoms. The quantitative estimate of drug-likeness (QED) is 0.791. The standard InChI is InChI=1S/C16H24Cl2N2/c1-13-6-10-20(11-7-13)9-3-8-19-12-14-4-2-5-15(17)16(14)18/h2,4-5,13,19H,3,6-12H2,1H3. The summed E-state index contributed by atoms with van der Waals surface area (Å²) in [5.74, 6) is 0.911. The average Bonchev–Trinajstić information content (AvgIpc) is 2.45. The van der Waals surface area contributed by atoms with Gasteiger partial charge in [0.25, 0.3) is 0 Å². The Balaban J connectivity index is 1.61. The van der Waals surface area contributed by atoms with Gasteiger partial charge in [-0.05, 0) is 63.0 Å². The molecule has 1 heterocycles. The summed E-state index contributed by atoms with van der Waals surface area (Å²) < 4.78 is 0. The Hall–Kier alpha value is -0.280. The predicted octanol–water partition coefficient (Wildman–Crippen LogP) is 4.21. The zero-order valence-corrected chi connectivity index (χ0v) is 13.7. The van der Waals surface area contributed by atoms with Gasteiger partial charge in [-0.3, -0.25) is 0 Å². The van der Waals surface area contributed by atoms with Gasteiger partial charge >= 0.3 is 0 Å². The highest BCUT2D eigenvalue weighted by Crippen LogP contribution is 2.25. The van der Waals surface area contributed by atoms with Crippen LogP contribution in [0, 0.1) is 5.92 Å². The van der Waals surface area contributed by atoms with Crippen LogP contribution in [0.3, 0.4) is 0 Å². The van der Waals surface area contributed by atoms with Crippen LogP contribution in [-0.2, 0) is 6.54 Å². The summed E-state index contributed by atoms with van der Waals surface area (Å²) in [5, 5.41) is 4.75. The third kappa shape index (κ3) is 4.92. The normalized spacial score (nSPS) is 17.6. The van der Waals surface area contributed by atoms with E-state index >= 15 is 0 Å². The van der Waals surface area contributed by atoms with E-state index in [1.165, 1.54) is 38.9 Å².